The van der Waals surface area contributed by atoms with Crippen molar-refractivity contribution in [3.05, 3.63) is 65.0 Å². The quantitative estimate of drug-likeness (QED) is 0.507. The third-order valence-corrected chi connectivity index (χ3v) is 5.56. The van der Waals surface area contributed by atoms with Gasteiger partial charge in [-0.25, -0.2) is 0 Å². The van der Waals surface area contributed by atoms with Crippen molar-refractivity contribution in [2.24, 2.45) is 5.92 Å². The number of carbonyl (C=O) groups excluding carboxylic acids is 2. The van der Waals surface area contributed by atoms with Crippen LogP contribution in [0.2, 0.25) is 0 Å². The lowest BCUT2D eigenvalue weighted by Gasteiger charge is -2.33. The van der Waals surface area contributed by atoms with Crippen molar-refractivity contribution in [2.75, 3.05) is 0 Å². The minimum atomic E-state index is -0.627. The molecule has 8 heteroatoms. The molecule has 32 heavy (non-hydrogen) atoms. The van der Waals surface area contributed by atoms with Crippen molar-refractivity contribution in [1.82, 2.24) is 15.6 Å². The van der Waals surface area contributed by atoms with Gasteiger partial charge in [-0.3, -0.25) is 19.4 Å². The van der Waals surface area contributed by atoms with Gasteiger partial charge in [0, 0.05) is 12.1 Å². The van der Waals surface area contributed by atoms with Crippen molar-refractivity contribution < 1.29 is 24.6 Å². The van der Waals surface area contributed by atoms with Crippen molar-refractivity contribution in [3.63, 3.8) is 0 Å². The van der Waals surface area contributed by atoms with E-state index >= 15 is 0 Å². The fourth-order valence-electron chi connectivity index (χ4n) is 3.79. The highest BCUT2D eigenvalue weighted by atomic mass is 16.3. The number of carboxylic acid groups (broad SMARTS) is 1. The average Bonchev–Trinajstić information content (AvgIpc) is 2.77. The van der Waals surface area contributed by atoms with E-state index in [2.05, 4.69) is 15.6 Å². The molecule has 0 unspecified atom stereocenters. The summed E-state index contributed by atoms with van der Waals surface area (Å²) in [6, 6.07) is 11.2. The molecular formula is C24H31N3O5. The van der Waals surface area contributed by atoms with Crippen LogP contribution in [0.5, 0.6) is 0 Å². The number of hydrogen-bond acceptors (Lipinski definition) is 5. The molecule has 0 saturated heterocycles. The number of aliphatic hydroxyl groups excluding tert-OH is 1. The van der Waals surface area contributed by atoms with Gasteiger partial charge in [-0.05, 0) is 56.4 Å². The van der Waals surface area contributed by atoms with Crippen LogP contribution in [0.4, 0.5) is 0 Å². The first-order valence-electron chi connectivity index (χ1n) is 10.6. The first-order valence-corrected chi connectivity index (χ1v) is 10.6. The Morgan fingerprint density at radius 1 is 1.19 bits per heavy atom. The van der Waals surface area contributed by atoms with E-state index in [0.717, 1.165) is 22.4 Å². The van der Waals surface area contributed by atoms with Gasteiger partial charge in [-0.2, -0.15) is 0 Å². The number of nitrogens with one attached hydrogen (secondary N) is 2. The SMILES string of the molecule is Cc1ccc(C)c(CC(=O)N[C@@H]2C[C@@H](C(=O)NCc3ccccn3)CC[C@H]2O)c1.O=CO. The second-order valence-corrected chi connectivity index (χ2v) is 8.00. The molecule has 3 atom stereocenters. The summed E-state index contributed by atoms with van der Waals surface area (Å²) in [5.74, 6) is -0.415. The van der Waals surface area contributed by atoms with Gasteiger partial charge in [-0.1, -0.05) is 29.8 Å². The largest absolute Gasteiger partial charge is 0.483 e. The molecule has 1 aromatic heterocycles. The molecule has 1 aliphatic carbocycles. The number of pyridine rings is 1. The van der Waals surface area contributed by atoms with E-state index in [1.807, 2.05) is 50.2 Å². The van der Waals surface area contributed by atoms with Gasteiger partial charge in [-0.15, -0.1) is 0 Å². The molecule has 1 aliphatic rings. The van der Waals surface area contributed by atoms with Crippen LogP contribution < -0.4 is 10.6 Å². The molecule has 0 radical (unpaired) electrons. The minimum Gasteiger partial charge on any atom is -0.483 e. The van der Waals surface area contributed by atoms with Gasteiger partial charge in [0.2, 0.25) is 11.8 Å². The van der Waals surface area contributed by atoms with Gasteiger partial charge in [0.25, 0.3) is 6.47 Å². The molecule has 1 aromatic carbocycles. The zero-order valence-electron chi connectivity index (χ0n) is 18.5. The summed E-state index contributed by atoms with van der Waals surface area (Å²) < 4.78 is 0. The van der Waals surface area contributed by atoms with E-state index in [1.54, 1.807) is 6.20 Å². The molecule has 0 spiro atoms. The number of aliphatic hydroxyl groups is 1. The smallest absolute Gasteiger partial charge is 0.290 e. The molecule has 4 N–H and O–H groups in total. The van der Waals surface area contributed by atoms with Gasteiger partial charge < -0.3 is 20.8 Å². The van der Waals surface area contributed by atoms with Crippen LogP contribution in [0.25, 0.3) is 0 Å². The van der Waals surface area contributed by atoms with Crippen LogP contribution in [0.15, 0.2) is 42.6 Å². The zero-order valence-corrected chi connectivity index (χ0v) is 18.5. The van der Waals surface area contributed by atoms with Crippen molar-refractivity contribution in [3.8, 4) is 0 Å². The number of carbonyl (C=O) groups is 3. The summed E-state index contributed by atoms with van der Waals surface area (Å²) in [4.78, 5) is 37.7. The highest BCUT2D eigenvalue weighted by Gasteiger charge is 2.33. The highest BCUT2D eigenvalue weighted by Crippen LogP contribution is 2.25. The number of nitrogens with zero attached hydrogens (tertiary/aromatic N) is 1. The lowest BCUT2D eigenvalue weighted by atomic mass is 9.83. The molecule has 1 heterocycles. The Balaban J connectivity index is 0.00000114. The Kier molecular flexibility index (Phi) is 9.81. The monoisotopic (exact) mass is 441 g/mol. The number of hydrogen-bond donors (Lipinski definition) is 4. The topological polar surface area (TPSA) is 129 Å². The summed E-state index contributed by atoms with van der Waals surface area (Å²) in [6.07, 6.45) is 2.88. The van der Waals surface area contributed by atoms with E-state index in [0.29, 0.717) is 25.8 Å². The fourth-order valence-corrected chi connectivity index (χ4v) is 3.79. The first-order chi connectivity index (χ1) is 15.3. The summed E-state index contributed by atoms with van der Waals surface area (Å²) in [6.45, 7) is 4.11. The molecule has 1 saturated carbocycles. The Bertz CT molecular complexity index is 904. The second kappa shape index (κ2) is 12.6. The van der Waals surface area contributed by atoms with Crippen LogP contribution >= 0.6 is 0 Å². The van der Waals surface area contributed by atoms with Crippen molar-refractivity contribution in [1.29, 1.82) is 0 Å². The average molecular weight is 442 g/mol. The third kappa shape index (κ3) is 7.77. The standard InChI is InChI=1S/C23H29N3O3.CH2O2/c1-15-6-7-16(2)18(11-15)13-22(28)26-20-12-17(8-9-21(20)27)23(29)25-14-19-5-3-4-10-24-19;2-1-3/h3-7,10-11,17,20-21,27H,8-9,12-14H2,1-2H3,(H,25,29)(H,26,28);1H,(H,2,3)/t17-,20+,21+;/m0./s1. The van der Waals surface area contributed by atoms with E-state index in [4.69, 9.17) is 9.90 Å². The van der Waals surface area contributed by atoms with Crippen molar-refractivity contribution >= 4 is 18.3 Å². The predicted octanol–water partition coefficient (Wildman–Crippen LogP) is 1.90. The molecule has 1 fully saturated rings. The molecule has 2 aromatic rings. The van der Waals surface area contributed by atoms with Gasteiger partial charge in [0.15, 0.2) is 0 Å². The summed E-state index contributed by atoms with van der Waals surface area (Å²) in [5.41, 5.74) is 3.97. The maximum atomic E-state index is 12.5. The van der Waals surface area contributed by atoms with Crippen LogP contribution in [-0.4, -0.2) is 45.6 Å². The predicted molar refractivity (Wildman–Crippen MR) is 120 cm³/mol. The van der Waals surface area contributed by atoms with E-state index < -0.39 is 12.1 Å². The van der Waals surface area contributed by atoms with Crippen molar-refractivity contribution in [2.45, 2.75) is 58.2 Å². The van der Waals surface area contributed by atoms with Crippen LogP contribution in [0, 0.1) is 19.8 Å². The molecule has 172 valence electrons. The van der Waals surface area contributed by atoms with Gasteiger partial charge in [0.1, 0.15) is 0 Å². The van der Waals surface area contributed by atoms with E-state index in [1.165, 1.54) is 0 Å². The molecule has 2 amide bonds. The third-order valence-electron chi connectivity index (χ3n) is 5.56. The molecule has 8 nitrogen and oxygen atoms in total. The van der Waals surface area contributed by atoms with Crippen LogP contribution in [-0.2, 0) is 27.3 Å². The lowest BCUT2D eigenvalue weighted by molar-refractivity contribution is -0.129. The number of amides is 2. The summed E-state index contributed by atoms with van der Waals surface area (Å²) >= 11 is 0. The lowest BCUT2D eigenvalue weighted by Crippen LogP contribution is -2.49. The zero-order chi connectivity index (χ0) is 23.5. The normalized spacial score (nSPS) is 19.8. The number of aromatic nitrogens is 1. The first kappa shape index (κ1) is 25.0. The second-order valence-electron chi connectivity index (χ2n) is 8.00. The molecule has 0 bridgehead atoms. The molecule has 0 aliphatic heterocycles. The summed E-state index contributed by atoms with van der Waals surface area (Å²) in [7, 11) is 0. The Morgan fingerprint density at radius 3 is 2.62 bits per heavy atom. The van der Waals surface area contributed by atoms with Gasteiger partial charge >= 0.3 is 0 Å². The highest BCUT2D eigenvalue weighted by molar-refractivity contribution is 5.80. The fraction of sp³-hybridized carbons (Fsp3) is 0.417. The Hall–Kier alpha value is -3.26. The van der Waals surface area contributed by atoms with E-state index in [9.17, 15) is 14.7 Å². The molecule has 3 rings (SSSR count). The van der Waals surface area contributed by atoms with Crippen LogP contribution in [0.3, 0.4) is 0 Å². The Labute approximate surface area is 188 Å². The summed E-state index contributed by atoms with van der Waals surface area (Å²) in [5, 5.41) is 23.1. The van der Waals surface area contributed by atoms with Gasteiger partial charge in [0.05, 0.1) is 30.8 Å². The minimum absolute atomic E-state index is 0.0590. The van der Waals surface area contributed by atoms with E-state index in [-0.39, 0.29) is 30.6 Å². The Morgan fingerprint density at radius 2 is 1.94 bits per heavy atom. The maximum Gasteiger partial charge on any atom is 0.290 e. The number of rotatable bonds is 6. The maximum absolute atomic E-state index is 12.5. The van der Waals surface area contributed by atoms with Crippen LogP contribution in [0.1, 0.15) is 41.6 Å². The number of benzene rings is 1. The number of aryl methyl sites for hydroxylation is 2. The molecular weight excluding hydrogens is 410 g/mol.